The van der Waals surface area contributed by atoms with Gasteiger partial charge < -0.3 is 19.7 Å². The number of hydrogen-bond acceptors (Lipinski definition) is 8. The average Bonchev–Trinajstić information content (AvgIpc) is 3.41. The van der Waals surface area contributed by atoms with Crippen molar-refractivity contribution in [3.05, 3.63) is 46.1 Å². The number of nitrogens with one attached hydrogen (secondary N) is 1. The van der Waals surface area contributed by atoms with Crippen LogP contribution in [0.5, 0.6) is 5.75 Å². The Kier molecular flexibility index (Phi) is 6.78. The Morgan fingerprint density at radius 1 is 1.21 bits per heavy atom. The predicted octanol–water partition coefficient (Wildman–Crippen LogP) is 3.74. The summed E-state index contributed by atoms with van der Waals surface area (Å²) in [6.07, 6.45) is 3.53. The zero-order valence-corrected chi connectivity index (χ0v) is 20.6. The van der Waals surface area contributed by atoms with Gasteiger partial charge in [0.15, 0.2) is 0 Å². The van der Waals surface area contributed by atoms with E-state index in [4.69, 9.17) is 19.4 Å². The van der Waals surface area contributed by atoms with Crippen molar-refractivity contribution in [2.75, 3.05) is 59.4 Å². The van der Waals surface area contributed by atoms with Gasteiger partial charge in [-0.05, 0) is 56.6 Å². The molecule has 8 heteroatoms. The fraction of sp³-hybridized carbons (Fsp3) is 0.520. The van der Waals surface area contributed by atoms with Gasteiger partial charge in [0, 0.05) is 24.5 Å². The van der Waals surface area contributed by atoms with E-state index >= 15 is 0 Å². The summed E-state index contributed by atoms with van der Waals surface area (Å²) in [4.78, 5) is 17.3. The van der Waals surface area contributed by atoms with Crippen LogP contribution in [0.25, 0.3) is 10.2 Å². The van der Waals surface area contributed by atoms with Crippen LogP contribution in [-0.2, 0) is 24.1 Å². The first kappa shape index (κ1) is 22.5. The Morgan fingerprint density at radius 2 is 2.06 bits per heavy atom. The van der Waals surface area contributed by atoms with Gasteiger partial charge >= 0.3 is 0 Å². The molecule has 2 aromatic heterocycles. The zero-order chi connectivity index (χ0) is 22.8. The highest BCUT2D eigenvalue weighted by Gasteiger charge is 2.24. The lowest BCUT2D eigenvalue weighted by molar-refractivity contribution is 0.0331. The molecule has 33 heavy (non-hydrogen) atoms. The number of aromatic nitrogens is 2. The monoisotopic (exact) mass is 467 g/mol. The van der Waals surface area contributed by atoms with Crippen molar-refractivity contribution in [1.82, 2.24) is 19.8 Å². The molecule has 0 bridgehead atoms. The molecule has 1 atom stereocenters. The van der Waals surface area contributed by atoms with Crippen molar-refractivity contribution in [1.29, 1.82) is 0 Å². The molecule has 176 valence electrons. The number of hydrogen-bond donors (Lipinski definition) is 1. The molecule has 0 spiro atoms. The van der Waals surface area contributed by atoms with E-state index in [0.29, 0.717) is 0 Å². The highest BCUT2D eigenvalue weighted by Crippen LogP contribution is 2.40. The van der Waals surface area contributed by atoms with Crippen molar-refractivity contribution in [3.8, 4) is 5.75 Å². The quantitative estimate of drug-likeness (QED) is 0.542. The summed E-state index contributed by atoms with van der Waals surface area (Å²) in [5.41, 5.74) is 2.68. The second-order valence-electron chi connectivity index (χ2n) is 9.05. The molecule has 2 aliphatic rings. The predicted molar refractivity (Wildman–Crippen MR) is 133 cm³/mol. The molecule has 7 nitrogen and oxygen atoms in total. The molecule has 1 aliphatic carbocycles. The lowest BCUT2D eigenvalue weighted by atomic mass is 10.1. The maximum absolute atomic E-state index is 5.51. The Balaban J connectivity index is 1.44. The summed E-state index contributed by atoms with van der Waals surface area (Å²) in [7, 11) is 5.95. The fourth-order valence-electron chi connectivity index (χ4n) is 4.84. The zero-order valence-electron chi connectivity index (χ0n) is 19.8. The number of nitrogens with zero attached hydrogens (tertiary/aromatic N) is 4. The lowest BCUT2D eigenvalue weighted by Crippen LogP contribution is -2.36. The number of fused-ring (bicyclic) bond motifs is 3. The van der Waals surface area contributed by atoms with Crippen LogP contribution >= 0.6 is 11.3 Å². The van der Waals surface area contributed by atoms with Crippen LogP contribution in [0.15, 0.2) is 24.3 Å². The average molecular weight is 468 g/mol. The van der Waals surface area contributed by atoms with Crippen LogP contribution in [0.1, 0.15) is 34.3 Å². The number of benzene rings is 1. The number of methoxy groups -OCH3 is 1. The largest absolute Gasteiger partial charge is 0.497 e. The molecule has 1 unspecified atom stereocenters. The summed E-state index contributed by atoms with van der Waals surface area (Å²) in [5.74, 6) is 2.76. The Hall–Kier alpha value is -2.26. The van der Waals surface area contributed by atoms with Crippen molar-refractivity contribution in [3.63, 3.8) is 0 Å². The Bertz CT molecular complexity index is 1110. The van der Waals surface area contributed by atoms with Gasteiger partial charge in [-0.25, -0.2) is 9.97 Å². The van der Waals surface area contributed by atoms with E-state index in [-0.39, 0.29) is 6.04 Å². The van der Waals surface area contributed by atoms with Crippen LogP contribution in [0.2, 0.25) is 0 Å². The first-order valence-electron chi connectivity index (χ1n) is 11.8. The minimum absolute atomic E-state index is 0.194. The number of ether oxygens (including phenoxy) is 2. The third-order valence-electron chi connectivity index (χ3n) is 6.64. The van der Waals surface area contributed by atoms with Crippen LogP contribution in [0.4, 0.5) is 5.82 Å². The number of likely N-dealkylation sites (N-methyl/N-ethyl adjacent to an activating group) is 1. The second kappa shape index (κ2) is 9.93. The minimum atomic E-state index is 0.194. The molecule has 1 N–H and O–H groups in total. The summed E-state index contributed by atoms with van der Waals surface area (Å²) in [5, 5.41) is 4.97. The molecule has 0 radical (unpaired) electrons. The first-order chi connectivity index (χ1) is 16.1. The number of aryl methyl sites for hydroxylation is 2. The van der Waals surface area contributed by atoms with Crippen molar-refractivity contribution >= 4 is 27.4 Å². The van der Waals surface area contributed by atoms with Gasteiger partial charge in [-0.2, -0.15) is 0 Å². The van der Waals surface area contributed by atoms with Crippen LogP contribution in [0, 0.1) is 0 Å². The van der Waals surface area contributed by atoms with Crippen LogP contribution < -0.4 is 10.1 Å². The molecular weight excluding hydrogens is 434 g/mol. The molecular formula is C25H33N5O2S. The maximum Gasteiger partial charge on any atom is 0.146 e. The summed E-state index contributed by atoms with van der Waals surface area (Å²) in [6, 6.07) is 8.52. The van der Waals surface area contributed by atoms with Crippen molar-refractivity contribution < 1.29 is 9.47 Å². The summed E-state index contributed by atoms with van der Waals surface area (Å²) in [6.45, 7) is 4.96. The van der Waals surface area contributed by atoms with E-state index in [1.54, 1.807) is 7.11 Å². The topological polar surface area (TPSA) is 62.8 Å². The molecule has 1 saturated heterocycles. The van der Waals surface area contributed by atoms with Crippen LogP contribution in [-0.4, -0.2) is 73.8 Å². The minimum Gasteiger partial charge on any atom is -0.497 e. The van der Waals surface area contributed by atoms with Gasteiger partial charge in [0.1, 0.15) is 22.2 Å². The van der Waals surface area contributed by atoms with Gasteiger partial charge in [0.2, 0.25) is 0 Å². The van der Waals surface area contributed by atoms with Gasteiger partial charge in [0.25, 0.3) is 0 Å². The smallest absolute Gasteiger partial charge is 0.146 e. The molecule has 1 fully saturated rings. The third-order valence-corrected chi connectivity index (χ3v) is 7.83. The molecule has 3 heterocycles. The van der Waals surface area contributed by atoms with E-state index in [1.807, 2.05) is 17.4 Å². The highest BCUT2D eigenvalue weighted by molar-refractivity contribution is 7.19. The first-order valence-corrected chi connectivity index (χ1v) is 12.6. The van der Waals surface area contributed by atoms with Crippen molar-refractivity contribution in [2.45, 2.75) is 31.8 Å². The third kappa shape index (κ3) is 4.84. The van der Waals surface area contributed by atoms with Crippen molar-refractivity contribution in [2.24, 2.45) is 0 Å². The lowest BCUT2D eigenvalue weighted by Gasteiger charge is -2.27. The number of thiophene rings is 1. The molecule has 1 aromatic carbocycles. The Morgan fingerprint density at radius 3 is 2.85 bits per heavy atom. The summed E-state index contributed by atoms with van der Waals surface area (Å²) < 4.78 is 11.0. The van der Waals surface area contributed by atoms with Crippen LogP contribution in [0.3, 0.4) is 0 Å². The van der Waals surface area contributed by atoms with Gasteiger partial charge in [0.05, 0.1) is 38.3 Å². The fourth-order valence-corrected chi connectivity index (χ4v) is 6.12. The van der Waals surface area contributed by atoms with E-state index < -0.39 is 0 Å². The second-order valence-corrected chi connectivity index (χ2v) is 10.1. The molecule has 3 aromatic rings. The van der Waals surface area contributed by atoms with E-state index in [1.165, 1.54) is 34.2 Å². The van der Waals surface area contributed by atoms with E-state index in [2.05, 4.69) is 47.4 Å². The maximum atomic E-state index is 5.51. The number of morpholine rings is 1. The molecule has 0 amide bonds. The highest BCUT2D eigenvalue weighted by atomic mass is 32.1. The molecule has 0 saturated carbocycles. The SMILES string of the molecule is COc1cccc(C(CNc2nc(CN3CCOCC3)nc3sc4c(c23)CCC4)N(C)C)c1. The van der Waals surface area contributed by atoms with E-state index in [9.17, 15) is 0 Å². The van der Waals surface area contributed by atoms with Gasteiger partial charge in [-0.1, -0.05) is 12.1 Å². The normalized spacial score (nSPS) is 17.5. The van der Waals surface area contributed by atoms with E-state index in [0.717, 1.165) is 68.0 Å². The standard InChI is InChI=1S/C25H33N5O2S/c1-29(2)20(17-6-4-7-18(14-17)31-3)15-26-24-23-19-8-5-9-21(19)33-25(23)28-22(27-24)16-30-10-12-32-13-11-30/h4,6-7,14,20H,5,8-13,15-16H2,1-3H3,(H,26,27,28). The van der Waals surface area contributed by atoms with Gasteiger partial charge in [-0.15, -0.1) is 11.3 Å². The molecule has 1 aliphatic heterocycles. The summed E-state index contributed by atoms with van der Waals surface area (Å²) >= 11 is 1.86. The number of anilines is 1. The molecule has 5 rings (SSSR count). The van der Waals surface area contributed by atoms with Gasteiger partial charge in [-0.3, -0.25) is 4.90 Å². The number of rotatable bonds is 8. The Labute approximate surface area is 199 Å².